The molecule has 1 aromatic heterocycles. The van der Waals surface area contributed by atoms with Crippen LogP contribution in [0.1, 0.15) is 0 Å². The van der Waals surface area contributed by atoms with Crippen molar-refractivity contribution in [1.82, 2.24) is 4.57 Å². The third-order valence-electron chi connectivity index (χ3n) is 3.57. The number of aromatic nitrogens is 2. The van der Waals surface area contributed by atoms with Crippen LogP contribution in [0, 0.1) is 0 Å². The number of hydrogen-bond donors (Lipinski definition) is 0. The van der Waals surface area contributed by atoms with Crippen LogP contribution in [0.2, 0.25) is 0 Å². The van der Waals surface area contributed by atoms with Crippen LogP contribution < -0.4 is 4.57 Å². The van der Waals surface area contributed by atoms with Gasteiger partial charge in [0.1, 0.15) is 0 Å². The maximum atomic E-state index is 9.22. The molecule has 0 spiro atoms. The van der Waals surface area contributed by atoms with E-state index in [1.165, 1.54) is 22.5 Å². The van der Waals surface area contributed by atoms with Crippen molar-refractivity contribution in [1.29, 1.82) is 0 Å². The lowest BCUT2D eigenvalue weighted by atomic mass is 10.0. The Morgan fingerprint density at radius 2 is 1.40 bits per heavy atom. The monoisotopic (exact) mass is 360 g/mol. The number of imidazole rings is 1. The second-order valence-electron chi connectivity index (χ2n) is 5.34. The standard InChI is InChI=1S/C17H17N2.CH4O4S/c1-18-13-19(2)17(15-11-7-4-8-12-15)16(18)14-9-5-3-6-10-14;1-5-6(2,3)4/h3-13H,1-2H3;1H3,(H,2,3,4)/q+1;/p-1. The lowest BCUT2D eigenvalue weighted by Crippen LogP contribution is -2.27. The first-order valence-electron chi connectivity index (χ1n) is 7.50. The predicted molar refractivity (Wildman–Crippen MR) is 94.2 cm³/mol. The van der Waals surface area contributed by atoms with Gasteiger partial charge in [0.05, 0.1) is 21.2 Å². The highest BCUT2D eigenvalue weighted by Crippen LogP contribution is 2.28. The first-order chi connectivity index (χ1) is 11.8. The Bertz CT molecular complexity index is 860. The van der Waals surface area contributed by atoms with Crippen LogP contribution in [0.3, 0.4) is 0 Å². The van der Waals surface area contributed by atoms with Gasteiger partial charge < -0.3 is 4.55 Å². The van der Waals surface area contributed by atoms with E-state index in [0.717, 1.165) is 7.11 Å². The number of nitrogens with zero attached hydrogens (tertiary/aromatic N) is 2. The summed E-state index contributed by atoms with van der Waals surface area (Å²) < 4.78 is 35.4. The van der Waals surface area contributed by atoms with Gasteiger partial charge in [-0.3, -0.25) is 4.18 Å². The number of benzene rings is 2. The molecule has 0 aliphatic carbocycles. The third kappa shape index (κ3) is 4.99. The minimum Gasteiger partial charge on any atom is -0.726 e. The van der Waals surface area contributed by atoms with Crippen molar-refractivity contribution in [2.75, 3.05) is 7.11 Å². The lowest BCUT2D eigenvalue weighted by molar-refractivity contribution is -0.660. The topological polar surface area (TPSA) is 75.2 Å². The average molecular weight is 360 g/mol. The third-order valence-corrected chi connectivity index (χ3v) is 3.98. The number of rotatable bonds is 3. The summed E-state index contributed by atoms with van der Waals surface area (Å²) >= 11 is 0. The van der Waals surface area contributed by atoms with Gasteiger partial charge in [0.2, 0.25) is 16.7 Å². The molecular formula is C18H20N2O4S. The van der Waals surface area contributed by atoms with Gasteiger partial charge in [0, 0.05) is 11.1 Å². The van der Waals surface area contributed by atoms with E-state index in [0.29, 0.717) is 0 Å². The minimum absolute atomic E-state index is 0.808. The van der Waals surface area contributed by atoms with E-state index in [9.17, 15) is 13.0 Å². The van der Waals surface area contributed by atoms with E-state index >= 15 is 0 Å². The molecule has 2 aromatic carbocycles. The van der Waals surface area contributed by atoms with Gasteiger partial charge in [-0.25, -0.2) is 17.6 Å². The van der Waals surface area contributed by atoms with Gasteiger partial charge in [0.15, 0.2) is 11.4 Å². The molecule has 3 rings (SSSR count). The van der Waals surface area contributed by atoms with Crippen LogP contribution in [0.25, 0.3) is 22.5 Å². The zero-order chi connectivity index (χ0) is 18.4. The summed E-state index contributed by atoms with van der Waals surface area (Å²) in [5.41, 5.74) is 4.97. The SMILES string of the molecule is COS(=O)(=O)[O-].Cn1c[n+](C)c(-c2ccccc2)c1-c1ccccc1. The summed E-state index contributed by atoms with van der Waals surface area (Å²) in [6, 6.07) is 21.0. The average Bonchev–Trinajstić information content (AvgIpc) is 2.90. The molecular weight excluding hydrogens is 340 g/mol. The highest BCUT2D eigenvalue weighted by Gasteiger charge is 2.21. The Morgan fingerprint density at radius 3 is 1.84 bits per heavy atom. The molecule has 1 heterocycles. The first kappa shape index (κ1) is 18.9. The molecule has 0 bridgehead atoms. The van der Waals surface area contributed by atoms with Crippen molar-refractivity contribution in [3.8, 4) is 22.5 Å². The molecule has 25 heavy (non-hydrogen) atoms. The van der Waals surface area contributed by atoms with E-state index < -0.39 is 10.4 Å². The van der Waals surface area contributed by atoms with Crippen LogP contribution >= 0.6 is 0 Å². The van der Waals surface area contributed by atoms with E-state index in [2.05, 4.69) is 94.4 Å². The van der Waals surface area contributed by atoms with Gasteiger partial charge in [0.25, 0.3) is 0 Å². The summed E-state index contributed by atoms with van der Waals surface area (Å²) in [7, 11) is 0.580. The molecule has 0 unspecified atom stereocenters. The Hall–Kier alpha value is -2.48. The molecule has 0 saturated heterocycles. The summed E-state index contributed by atoms with van der Waals surface area (Å²) in [4.78, 5) is 0. The summed E-state index contributed by atoms with van der Waals surface area (Å²) in [6.45, 7) is 0. The van der Waals surface area contributed by atoms with Crippen LogP contribution in [-0.2, 0) is 28.7 Å². The Balaban J connectivity index is 0.000000326. The molecule has 0 N–H and O–H groups in total. The maximum absolute atomic E-state index is 9.22. The van der Waals surface area contributed by atoms with Crippen LogP contribution in [0.15, 0.2) is 67.0 Å². The molecule has 132 valence electrons. The van der Waals surface area contributed by atoms with Gasteiger partial charge >= 0.3 is 0 Å². The zero-order valence-corrected chi connectivity index (χ0v) is 15.1. The molecule has 3 aromatic rings. The Morgan fingerprint density at radius 1 is 0.960 bits per heavy atom. The van der Waals surface area contributed by atoms with Crippen LogP contribution in [-0.4, -0.2) is 24.6 Å². The summed E-state index contributed by atoms with van der Waals surface area (Å²) in [5.74, 6) is 0. The van der Waals surface area contributed by atoms with Crippen molar-refractivity contribution in [2.24, 2.45) is 14.1 Å². The fraction of sp³-hybridized carbons (Fsp3) is 0.167. The highest BCUT2D eigenvalue weighted by atomic mass is 32.3. The van der Waals surface area contributed by atoms with Crippen molar-refractivity contribution < 1.29 is 21.7 Å². The van der Waals surface area contributed by atoms with Crippen LogP contribution in [0.5, 0.6) is 0 Å². The van der Waals surface area contributed by atoms with Gasteiger partial charge in [-0.2, -0.15) is 0 Å². The van der Waals surface area contributed by atoms with Crippen LogP contribution in [0.4, 0.5) is 0 Å². The maximum Gasteiger partial charge on any atom is 0.244 e. The molecule has 0 radical (unpaired) electrons. The quantitative estimate of drug-likeness (QED) is 0.408. The molecule has 6 nitrogen and oxygen atoms in total. The molecule has 0 fully saturated rings. The summed E-state index contributed by atoms with van der Waals surface area (Å²) in [5, 5.41) is 0. The zero-order valence-electron chi connectivity index (χ0n) is 14.3. The van der Waals surface area contributed by atoms with E-state index in [1.54, 1.807) is 0 Å². The molecule has 0 saturated carbocycles. The number of hydrogen-bond acceptors (Lipinski definition) is 4. The Labute approximate surface area is 147 Å². The van der Waals surface area contributed by atoms with E-state index in [4.69, 9.17) is 0 Å². The van der Waals surface area contributed by atoms with Gasteiger partial charge in [-0.15, -0.1) is 0 Å². The van der Waals surface area contributed by atoms with Crippen molar-refractivity contribution in [2.45, 2.75) is 0 Å². The molecule has 0 atom stereocenters. The van der Waals surface area contributed by atoms with E-state index in [-0.39, 0.29) is 0 Å². The molecule has 7 heteroatoms. The predicted octanol–water partition coefficient (Wildman–Crippen LogP) is 2.28. The van der Waals surface area contributed by atoms with Crippen molar-refractivity contribution in [3.63, 3.8) is 0 Å². The van der Waals surface area contributed by atoms with E-state index in [1.807, 2.05) is 0 Å². The van der Waals surface area contributed by atoms with Gasteiger partial charge in [-0.05, 0) is 0 Å². The van der Waals surface area contributed by atoms with Crippen molar-refractivity contribution in [3.05, 3.63) is 67.0 Å². The highest BCUT2D eigenvalue weighted by molar-refractivity contribution is 7.80. The molecule has 0 aliphatic rings. The normalized spacial score (nSPS) is 10.9. The first-order valence-corrected chi connectivity index (χ1v) is 8.84. The van der Waals surface area contributed by atoms with Gasteiger partial charge in [-0.1, -0.05) is 60.7 Å². The van der Waals surface area contributed by atoms with Crippen molar-refractivity contribution >= 4 is 10.4 Å². The smallest absolute Gasteiger partial charge is 0.244 e. The minimum atomic E-state index is -4.41. The lowest BCUT2D eigenvalue weighted by Gasteiger charge is -2.02. The Kier molecular flexibility index (Phi) is 6.08. The molecule has 0 amide bonds. The molecule has 0 aliphatic heterocycles. The largest absolute Gasteiger partial charge is 0.726 e. The second-order valence-corrected chi connectivity index (χ2v) is 6.49. The fourth-order valence-corrected chi connectivity index (χ4v) is 2.58. The second kappa shape index (κ2) is 8.06. The number of aryl methyl sites for hydroxylation is 2. The fourth-order valence-electron chi connectivity index (χ4n) is 2.58. The summed E-state index contributed by atoms with van der Waals surface area (Å²) in [6.07, 6.45) is 2.12.